The Morgan fingerprint density at radius 1 is 1.32 bits per heavy atom. The van der Waals surface area contributed by atoms with E-state index in [1.165, 1.54) is 12.3 Å². The van der Waals surface area contributed by atoms with Crippen molar-refractivity contribution in [2.24, 2.45) is 0 Å². The van der Waals surface area contributed by atoms with E-state index in [1.54, 1.807) is 0 Å². The molecule has 2 rings (SSSR count). The van der Waals surface area contributed by atoms with Crippen molar-refractivity contribution in [3.05, 3.63) is 65.2 Å². The highest BCUT2D eigenvalue weighted by Crippen LogP contribution is 2.09. The predicted octanol–water partition coefficient (Wildman–Crippen LogP) is 3.05. The van der Waals surface area contributed by atoms with Crippen LogP contribution in [0.1, 0.15) is 21.5 Å². The molecule has 0 fully saturated rings. The van der Waals surface area contributed by atoms with E-state index in [9.17, 15) is 9.18 Å². The van der Waals surface area contributed by atoms with Crippen molar-refractivity contribution in [1.82, 2.24) is 10.3 Å². The number of benzene rings is 1. The van der Waals surface area contributed by atoms with Gasteiger partial charge in [0.1, 0.15) is 0 Å². The average molecular weight is 323 g/mol. The molecular formula is C14H12BrFN2O. The maximum Gasteiger partial charge on any atom is 0.254 e. The largest absolute Gasteiger partial charge is 0.348 e. The van der Waals surface area contributed by atoms with Crippen molar-refractivity contribution >= 4 is 21.8 Å². The van der Waals surface area contributed by atoms with E-state index in [-0.39, 0.29) is 5.56 Å². The summed E-state index contributed by atoms with van der Waals surface area (Å²) in [7, 11) is 0. The Bertz CT molecular complexity index is 589. The Morgan fingerprint density at radius 2 is 2.11 bits per heavy atom. The molecule has 0 saturated heterocycles. The van der Waals surface area contributed by atoms with Crippen LogP contribution in [-0.4, -0.2) is 10.9 Å². The smallest absolute Gasteiger partial charge is 0.254 e. The van der Waals surface area contributed by atoms with Gasteiger partial charge in [-0.25, -0.2) is 4.39 Å². The fraction of sp³-hybridized carbons (Fsp3) is 0.143. The van der Waals surface area contributed by atoms with Gasteiger partial charge in [0.2, 0.25) is 0 Å². The zero-order chi connectivity index (χ0) is 13.7. The number of carbonyl (C=O) groups excluding carboxylic acids is 1. The summed E-state index contributed by atoms with van der Waals surface area (Å²) in [6, 6.07) is 9.17. The van der Waals surface area contributed by atoms with Crippen LogP contribution in [0.2, 0.25) is 0 Å². The van der Waals surface area contributed by atoms with E-state index in [1.807, 2.05) is 24.3 Å². The Kier molecular flexibility index (Phi) is 4.63. The van der Waals surface area contributed by atoms with Crippen molar-refractivity contribution < 1.29 is 9.18 Å². The number of halogens is 2. The van der Waals surface area contributed by atoms with Crippen LogP contribution in [0.4, 0.5) is 4.39 Å². The molecule has 98 valence electrons. The molecule has 1 heterocycles. The lowest BCUT2D eigenvalue weighted by molar-refractivity contribution is 0.0946. The molecule has 5 heteroatoms. The molecule has 0 aliphatic heterocycles. The summed E-state index contributed by atoms with van der Waals surface area (Å²) in [6.45, 7) is 0.363. The number of alkyl halides is 1. The molecule has 3 nitrogen and oxygen atoms in total. The molecule has 0 spiro atoms. The van der Waals surface area contributed by atoms with Gasteiger partial charge < -0.3 is 5.32 Å². The summed E-state index contributed by atoms with van der Waals surface area (Å²) >= 11 is 3.37. The molecule has 0 bridgehead atoms. The van der Waals surface area contributed by atoms with Crippen LogP contribution in [0.25, 0.3) is 0 Å². The molecule has 1 amide bonds. The minimum atomic E-state index is -0.616. The van der Waals surface area contributed by atoms with Crippen molar-refractivity contribution in [1.29, 1.82) is 0 Å². The topological polar surface area (TPSA) is 42.0 Å². The normalized spacial score (nSPS) is 10.2. The van der Waals surface area contributed by atoms with Crippen molar-refractivity contribution in [2.45, 2.75) is 11.9 Å². The quantitative estimate of drug-likeness (QED) is 0.879. The first-order valence-corrected chi connectivity index (χ1v) is 6.84. The number of nitrogens with one attached hydrogen (secondary N) is 1. The van der Waals surface area contributed by atoms with E-state index >= 15 is 0 Å². The molecule has 0 unspecified atom stereocenters. The lowest BCUT2D eigenvalue weighted by atomic mass is 10.1. The average Bonchev–Trinajstić information content (AvgIpc) is 2.45. The lowest BCUT2D eigenvalue weighted by Crippen LogP contribution is -2.23. The third-order valence-corrected chi connectivity index (χ3v) is 3.26. The van der Waals surface area contributed by atoms with Crippen molar-refractivity contribution in [2.75, 3.05) is 0 Å². The van der Waals surface area contributed by atoms with Gasteiger partial charge in [-0.2, -0.15) is 0 Å². The molecule has 0 radical (unpaired) electrons. The Balaban J connectivity index is 2.02. The molecule has 0 atom stereocenters. The number of carbonyl (C=O) groups is 1. The van der Waals surface area contributed by atoms with Crippen molar-refractivity contribution in [3.8, 4) is 0 Å². The second-order valence-corrected chi connectivity index (χ2v) is 4.55. The molecule has 1 aromatic carbocycles. The first-order valence-electron chi connectivity index (χ1n) is 5.72. The maximum absolute atomic E-state index is 13.4. The number of nitrogens with zero attached hydrogens (tertiary/aromatic N) is 1. The minimum absolute atomic E-state index is 0.00615. The highest BCUT2D eigenvalue weighted by Gasteiger charge is 2.10. The second kappa shape index (κ2) is 6.43. The number of amides is 1. The Labute approximate surface area is 119 Å². The third-order valence-electron chi connectivity index (χ3n) is 2.62. The van der Waals surface area contributed by atoms with Crippen LogP contribution >= 0.6 is 15.9 Å². The van der Waals surface area contributed by atoms with Gasteiger partial charge >= 0.3 is 0 Å². The van der Waals surface area contributed by atoms with Crippen LogP contribution in [0.15, 0.2) is 42.7 Å². The summed E-state index contributed by atoms with van der Waals surface area (Å²) in [5.74, 6) is -1.06. The monoisotopic (exact) mass is 322 g/mol. The van der Waals surface area contributed by atoms with E-state index < -0.39 is 11.7 Å². The van der Waals surface area contributed by atoms with Gasteiger partial charge in [0.15, 0.2) is 5.82 Å². The number of hydrogen-bond acceptors (Lipinski definition) is 2. The SMILES string of the molecule is O=C(NCc1cccc(CBr)c1)c1ccncc1F. The zero-order valence-electron chi connectivity index (χ0n) is 10.1. The lowest BCUT2D eigenvalue weighted by Gasteiger charge is -2.07. The molecule has 2 aromatic rings. The summed E-state index contributed by atoms with van der Waals surface area (Å²) in [5.41, 5.74) is 2.10. The highest BCUT2D eigenvalue weighted by atomic mass is 79.9. The molecule has 0 aliphatic rings. The van der Waals surface area contributed by atoms with Gasteiger partial charge in [-0.3, -0.25) is 9.78 Å². The highest BCUT2D eigenvalue weighted by molar-refractivity contribution is 9.08. The van der Waals surface area contributed by atoms with Crippen LogP contribution in [0.3, 0.4) is 0 Å². The fourth-order valence-corrected chi connectivity index (χ4v) is 2.01. The maximum atomic E-state index is 13.4. The number of pyridine rings is 1. The molecule has 0 saturated carbocycles. The van der Waals surface area contributed by atoms with Crippen molar-refractivity contribution in [3.63, 3.8) is 0 Å². The van der Waals surface area contributed by atoms with Gasteiger partial charge in [-0.1, -0.05) is 40.2 Å². The number of aromatic nitrogens is 1. The van der Waals surface area contributed by atoms with E-state index in [0.717, 1.165) is 22.7 Å². The van der Waals surface area contributed by atoms with Crippen LogP contribution in [0.5, 0.6) is 0 Å². The molecule has 19 heavy (non-hydrogen) atoms. The summed E-state index contributed by atoms with van der Waals surface area (Å²) in [4.78, 5) is 15.4. The standard InChI is InChI=1S/C14H12BrFN2O/c15-7-10-2-1-3-11(6-10)8-18-14(19)12-4-5-17-9-13(12)16/h1-6,9H,7-8H2,(H,18,19). The summed E-state index contributed by atoms with van der Waals surface area (Å²) in [6.07, 6.45) is 2.42. The van der Waals surface area contributed by atoms with Crippen LogP contribution < -0.4 is 5.32 Å². The Hall–Kier alpha value is -1.75. The van der Waals surface area contributed by atoms with Gasteiger partial charge in [-0.15, -0.1) is 0 Å². The van der Waals surface area contributed by atoms with Gasteiger partial charge in [-0.05, 0) is 17.2 Å². The van der Waals surface area contributed by atoms with Gasteiger partial charge in [0.25, 0.3) is 5.91 Å². The van der Waals surface area contributed by atoms with E-state index in [0.29, 0.717) is 6.54 Å². The third kappa shape index (κ3) is 3.61. The molecule has 0 aliphatic carbocycles. The number of hydrogen-bond donors (Lipinski definition) is 1. The number of rotatable bonds is 4. The Morgan fingerprint density at radius 3 is 2.84 bits per heavy atom. The zero-order valence-corrected chi connectivity index (χ0v) is 11.7. The predicted molar refractivity (Wildman–Crippen MR) is 74.4 cm³/mol. The fourth-order valence-electron chi connectivity index (χ4n) is 1.66. The van der Waals surface area contributed by atoms with Gasteiger partial charge in [0, 0.05) is 18.1 Å². The van der Waals surface area contributed by atoms with Crippen LogP contribution in [-0.2, 0) is 11.9 Å². The summed E-state index contributed by atoms with van der Waals surface area (Å²) < 4.78 is 13.4. The minimum Gasteiger partial charge on any atom is -0.348 e. The molecular weight excluding hydrogens is 311 g/mol. The molecule has 1 aromatic heterocycles. The van der Waals surface area contributed by atoms with E-state index in [4.69, 9.17) is 0 Å². The van der Waals surface area contributed by atoms with E-state index in [2.05, 4.69) is 26.2 Å². The first-order chi connectivity index (χ1) is 9.20. The molecule has 1 N–H and O–H groups in total. The van der Waals surface area contributed by atoms with Gasteiger partial charge in [0.05, 0.1) is 11.8 Å². The first kappa shape index (κ1) is 13.7. The second-order valence-electron chi connectivity index (χ2n) is 3.99. The van der Waals surface area contributed by atoms with Crippen LogP contribution in [0, 0.1) is 5.82 Å². The summed E-state index contributed by atoms with van der Waals surface area (Å²) in [5, 5.41) is 3.44.